The Balaban J connectivity index is 1.94. The highest BCUT2D eigenvalue weighted by Gasteiger charge is 2.46. The summed E-state index contributed by atoms with van der Waals surface area (Å²) < 4.78 is 13.4. The first-order chi connectivity index (χ1) is 14.4. The minimum absolute atomic E-state index is 0.0890. The first-order valence-electron chi connectivity index (χ1n) is 8.95. The molecule has 3 aromatic carbocycles. The highest BCUT2D eigenvalue weighted by molar-refractivity contribution is 6.51. The van der Waals surface area contributed by atoms with Crippen LogP contribution >= 0.6 is 23.2 Å². The van der Waals surface area contributed by atoms with Crippen LogP contribution in [-0.4, -0.2) is 16.8 Å². The van der Waals surface area contributed by atoms with Crippen LogP contribution in [0.1, 0.15) is 17.2 Å². The van der Waals surface area contributed by atoms with E-state index in [1.165, 1.54) is 47.4 Å². The average molecular weight is 442 g/mol. The molecule has 0 aliphatic carbocycles. The molecule has 1 fully saturated rings. The van der Waals surface area contributed by atoms with E-state index < -0.39 is 23.5 Å². The Morgan fingerprint density at radius 1 is 0.900 bits per heavy atom. The van der Waals surface area contributed by atoms with Crippen LogP contribution in [-0.2, 0) is 9.59 Å². The number of amides is 1. The fourth-order valence-corrected chi connectivity index (χ4v) is 3.75. The van der Waals surface area contributed by atoms with Crippen molar-refractivity contribution < 1.29 is 19.1 Å². The summed E-state index contributed by atoms with van der Waals surface area (Å²) in [5.41, 5.74) is 1.11. The van der Waals surface area contributed by atoms with E-state index in [0.717, 1.165) is 0 Å². The maximum absolute atomic E-state index is 13.4. The number of hydrogen-bond donors (Lipinski definition) is 1. The molecule has 0 spiro atoms. The largest absolute Gasteiger partial charge is 0.507 e. The Morgan fingerprint density at radius 3 is 2.20 bits per heavy atom. The van der Waals surface area contributed by atoms with Gasteiger partial charge in [-0.1, -0.05) is 53.5 Å². The predicted molar refractivity (Wildman–Crippen MR) is 114 cm³/mol. The summed E-state index contributed by atoms with van der Waals surface area (Å²) in [7, 11) is 0. The van der Waals surface area contributed by atoms with Crippen molar-refractivity contribution in [2.75, 3.05) is 4.90 Å². The summed E-state index contributed by atoms with van der Waals surface area (Å²) in [5.74, 6) is -2.51. The highest BCUT2D eigenvalue weighted by Crippen LogP contribution is 2.42. The molecular formula is C23H14Cl2FNO3. The highest BCUT2D eigenvalue weighted by atomic mass is 35.5. The van der Waals surface area contributed by atoms with Gasteiger partial charge in [0.2, 0.25) is 0 Å². The number of nitrogens with zero attached hydrogens (tertiary/aromatic N) is 1. The van der Waals surface area contributed by atoms with E-state index in [0.29, 0.717) is 16.3 Å². The molecule has 1 aliphatic rings. The zero-order valence-corrected chi connectivity index (χ0v) is 16.9. The molecule has 1 atom stereocenters. The van der Waals surface area contributed by atoms with E-state index in [2.05, 4.69) is 0 Å². The van der Waals surface area contributed by atoms with Crippen molar-refractivity contribution in [3.63, 3.8) is 0 Å². The van der Waals surface area contributed by atoms with Gasteiger partial charge in [0.15, 0.2) is 0 Å². The Bertz CT molecular complexity index is 1180. The predicted octanol–water partition coefficient (Wildman–Crippen LogP) is 5.76. The average Bonchev–Trinajstić information content (AvgIpc) is 3.02. The smallest absolute Gasteiger partial charge is 0.300 e. The van der Waals surface area contributed by atoms with E-state index >= 15 is 0 Å². The second-order valence-corrected chi connectivity index (χ2v) is 7.50. The molecule has 1 unspecified atom stereocenters. The van der Waals surface area contributed by atoms with Crippen LogP contribution in [0.3, 0.4) is 0 Å². The molecule has 1 heterocycles. The summed E-state index contributed by atoms with van der Waals surface area (Å²) >= 11 is 12.0. The lowest BCUT2D eigenvalue weighted by Gasteiger charge is -2.25. The molecule has 4 nitrogen and oxygen atoms in total. The van der Waals surface area contributed by atoms with Gasteiger partial charge in [-0.3, -0.25) is 14.5 Å². The zero-order valence-electron chi connectivity index (χ0n) is 15.4. The molecule has 3 aromatic rings. The second kappa shape index (κ2) is 7.94. The molecule has 1 N–H and O–H groups in total. The fourth-order valence-electron chi connectivity index (χ4n) is 3.45. The Morgan fingerprint density at radius 2 is 1.57 bits per heavy atom. The van der Waals surface area contributed by atoms with Crippen molar-refractivity contribution in [2.24, 2.45) is 0 Å². The van der Waals surface area contributed by atoms with Crippen molar-refractivity contribution in [3.05, 3.63) is 105 Å². The molecule has 150 valence electrons. The molecule has 0 bridgehead atoms. The molecular weight excluding hydrogens is 428 g/mol. The number of benzene rings is 3. The number of aliphatic hydroxyl groups excluding tert-OH is 1. The lowest BCUT2D eigenvalue weighted by molar-refractivity contribution is -0.132. The number of carbonyl (C=O) groups is 2. The summed E-state index contributed by atoms with van der Waals surface area (Å²) in [6.07, 6.45) is 0. The topological polar surface area (TPSA) is 57.6 Å². The van der Waals surface area contributed by atoms with Crippen LogP contribution in [0.5, 0.6) is 0 Å². The third-order valence-corrected chi connectivity index (χ3v) is 5.60. The quantitative estimate of drug-likeness (QED) is 0.319. The van der Waals surface area contributed by atoms with Crippen molar-refractivity contribution in [1.29, 1.82) is 0 Å². The molecule has 1 saturated heterocycles. The minimum Gasteiger partial charge on any atom is -0.507 e. The number of anilines is 1. The monoisotopic (exact) mass is 441 g/mol. The lowest BCUT2D eigenvalue weighted by atomic mass is 9.95. The van der Waals surface area contributed by atoms with E-state index in [-0.39, 0.29) is 21.9 Å². The SMILES string of the molecule is O=C1C(=O)N(c2ccc(F)cc2)C(c2ccccc2)/C1=C(/O)c1ccc(Cl)c(Cl)c1. The zero-order chi connectivity index (χ0) is 21.4. The van der Waals surface area contributed by atoms with Crippen LogP contribution < -0.4 is 4.90 Å². The molecule has 0 aromatic heterocycles. The van der Waals surface area contributed by atoms with Gasteiger partial charge >= 0.3 is 0 Å². The van der Waals surface area contributed by atoms with Crippen LogP contribution in [0.25, 0.3) is 5.76 Å². The van der Waals surface area contributed by atoms with E-state index in [9.17, 15) is 19.1 Å². The number of carbonyl (C=O) groups excluding carboxylic acids is 2. The van der Waals surface area contributed by atoms with Crippen LogP contribution in [0.4, 0.5) is 10.1 Å². The molecule has 7 heteroatoms. The maximum atomic E-state index is 13.4. The number of rotatable bonds is 3. The Labute approximate surface area is 181 Å². The molecule has 0 radical (unpaired) electrons. The van der Waals surface area contributed by atoms with Gasteiger partial charge in [0.25, 0.3) is 11.7 Å². The summed E-state index contributed by atoms with van der Waals surface area (Å²) in [6.45, 7) is 0. The van der Waals surface area contributed by atoms with Crippen molar-refractivity contribution in [1.82, 2.24) is 0 Å². The van der Waals surface area contributed by atoms with Gasteiger partial charge in [-0.15, -0.1) is 0 Å². The van der Waals surface area contributed by atoms with Gasteiger partial charge in [-0.2, -0.15) is 0 Å². The molecule has 30 heavy (non-hydrogen) atoms. The maximum Gasteiger partial charge on any atom is 0.300 e. The second-order valence-electron chi connectivity index (χ2n) is 6.69. The lowest BCUT2D eigenvalue weighted by Crippen LogP contribution is -2.29. The van der Waals surface area contributed by atoms with Gasteiger partial charge in [0.1, 0.15) is 11.6 Å². The van der Waals surface area contributed by atoms with Gasteiger partial charge in [0.05, 0.1) is 21.7 Å². The van der Waals surface area contributed by atoms with Crippen molar-refractivity contribution in [3.8, 4) is 0 Å². The van der Waals surface area contributed by atoms with E-state index in [4.69, 9.17) is 23.2 Å². The van der Waals surface area contributed by atoms with Gasteiger partial charge in [0, 0.05) is 11.3 Å². The number of Topliss-reactive ketones (excluding diaryl/α,β-unsaturated/α-hetero) is 1. The van der Waals surface area contributed by atoms with Crippen LogP contribution in [0.2, 0.25) is 10.0 Å². The third-order valence-electron chi connectivity index (χ3n) is 4.86. The van der Waals surface area contributed by atoms with Crippen LogP contribution in [0, 0.1) is 5.82 Å². The number of ketones is 1. The molecule has 1 amide bonds. The van der Waals surface area contributed by atoms with Crippen molar-refractivity contribution in [2.45, 2.75) is 6.04 Å². The standard InChI is InChI=1S/C23H14Cl2FNO3/c24-17-11-6-14(12-18(17)25)21(28)19-20(13-4-2-1-3-5-13)27(23(30)22(19)29)16-9-7-15(26)8-10-16/h1-12,20,28H/b21-19-. The first-order valence-corrected chi connectivity index (χ1v) is 9.71. The summed E-state index contributed by atoms with van der Waals surface area (Å²) in [6, 6.07) is 17.6. The van der Waals surface area contributed by atoms with Gasteiger partial charge in [-0.25, -0.2) is 4.39 Å². The minimum atomic E-state index is -0.897. The Kier molecular flexibility index (Phi) is 5.33. The fraction of sp³-hybridized carbons (Fsp3) is 0.0435. The third kappa shape index (κ3) is 3.47. The molecule has 0 saturated carbocycles. The van der Waals surface area contributed by atoms with Crippen LogP contribution in [0.15, 0.2) is 78.4 Å². The Hall–Kier alpha value is -3.15. The molecule has 4 rings (SSSR count). The van der Waals surface area contributed by atoms with E-state index in [1.807, 2.05) is 0 Å². The van der Waals surface area contributed by atoms with E-state index in [1.54, 1.807) is 30.3 Å². The summed E-state index contributed by atoms with van der Waals surface area (Å²) in [4.78, 5) is 27.1. The normalized spacial score (nSPS) is 18.1. The molecule has 1 aliphatic heterocycles. The van der Waals surface area contributed by atoms with Crippen molar-refractivity contribution >= 4 is 46.3 Å². The first kappa shape index (κ1) is 20.1. The van der Waals surface area contributed by atoms with Gasteiger partial charge < -0.3 is 5.11 Å². The number of hydrogen-bond acceptors (Lipinski definition) is 3. The van der Waals surface area contributed by atoms with Gasteiger partial charge in [-0.05, 0) is 48.0 Å². The summed E-state index contributed by atoms with van der Waals surface area (Å²) in [5, 5.41) is 11.5. The number of aliphatic hydroxyl groups is 1. The number of halogens is 3.